The number of anilines is 2. The second kappa shape index (κ2) is 5.95. The van der Waals surface area contributed by atoms with Gasteiger partial charge in [0.25, 0.3) is 0 Å². The second-order valence-corrected chi connectivity index (χ2v) is 6.22. The molecule has 0 aromatic carbocycles. The van der Waals surface area contributed by atoms with Crippen LogP contribution in [0.3, 0.4) is 0 Å². The fourth-order valence-electron chi connectivity index (χ4n) is 2.65. The molecule has 1 atom stereocenters. The van der Waals surface area contributed by atoms with Crippen molar-refractivity contribution in [1.82, 2.24) is 10.3 Å². The molecule has 2 fully saturated rings. The van der Waals surface area contributed by atoms with E-state index < -0.39 is 0 Å². The molecule has 1 aliphatic heterocycles. The van der Waals surface area contributed by atoms with E-state index in [9.17, 15) is 0 Å². The van der Waals surface area contributed by atoms with Crippen molar-refractivity contribution in [3.63, 3.8) is 0 Å². The van der Waals surface area contributed by atoms with Crippen LogP contribution in [0.25, 0.3) is 0 Å². The van der Waals surface area contributed by atoms with Crippen LogP contribution < -0.4 is 15.5 Å². The van der Waals surface area contributed by atoms with Crippen LogP contribution in [0.5, 0.6) is 0 Å². The van der Waals surface area contributed by atoms with Crippen LogP contribution in [0, 0.1) is 0 Å². The summed E-state index contributed by atoms with van der Waals surface area (Å²) in [6, 6.07) is 5.32. The molecule has 0 unspecified atom stereocenters. The minimum absolute atomic E-state index is 0.580. The van der Waals surface area contributed by atoms with Crippen molar-refractivity contribution in [1.29, 1.82) is 0 Å². The normalized spacial score (nSPS) is 22.4. The first-order valence-electron chi connectivity index (χ1n) is 7.52. The largest absolute Gasteiger partial charge is 0.360 e. The Morgan fingerprint density at radius 2 is 2.15 bits per heavy atom. The number of pyridine rings is 1. The lowest BCUT2D eigenvalue weighted by atomic mass is 10.0. The topological polar surface area (TPSA) is 40.2 Å². The van der Waals surface area contributed by atoms with Gasteiger partial charge >= 0.3 is 0 Å². The van der Waals surface area contributed by atoms with Gasteiger partial charge in [-0.1, -0.05) is 0 Å². The number of piperidine rings is 1. The molecule has 0 radical (unpaired) electrons. The zero-order valence-electron chi connectivity index (χ0n) is 11.9. The summed E-state index contributed by atoms with van der Waals surface area (Å²) in [6.07, 6.45) is 8.19. The summed E-state index contributed by atoms with van der Waals surface area (Å²) in [7, 11) is 0. The van der Waals surface area contributed by atoms with Gasteiger partial charge < -0.3 is 15.5 Å². The van der Waals surface area contributed by atoms with E-state index in [0.717, 1.165) is 18.1 Å². The van der Waals surface area contributed by atoms with Crippen molar-refractivity contribution in [2.24, 2.45) is 0 Å². The highest BCUT2D eigenvalue weighted by Gasteiger charge is 2.22. The predicted octanol–water partition coefficient (Wildman–Crippen LogP) is 2.91. The molecule has 1 saturated carbocycles. The Bertz CT molecular complexity index is 469. The summed E-state index contributed by atoms with van der Waals surface area (Å²) in [6.45, 7) is 3.39. The lowest BCUT2D eigenvalue weighted by Crippen LogP contribution is -2.38. The summed E-state index contributed by atoms with van der Waals surface area (Å²) < 4.78 is 0. The van der Waals surface area contributed by atoms with Crippen molar-refractivity contribution in [3.8, 4) is 0 Å². The molecule has 1 saturated heterocycles. The lowest BCUT2D eigenvalue weighted by Gasteiger charge is -2.34. The second-order valence-electron chi connectivity index (χ2n) is 5.82. The third-order valence-electron chi connectivity index (χ3n) is 4.02. The first kappa shape index (κ1) is 13.6. The number of nitrogens with zero attached hydrogens (tertiary/aromatic N) is 2. The van der Waals surface area contributed by atoms with Gasteiger partial charge in [0.15, 0.2) is 5.11 Å². The third kappa shape index (κ3) is 3.39. The number of hydrogen-bond acceptors (Lipinski definition) is 3. The van der Waals surface area contributed by atoms with Crippen LogP contribution in [0.15, 0.2) is 18.3 Å². The predicted molar refractivity (Wildman–Crippen MR) is 87.3 cm³/mol. The molecule has 5 heteroatoms. The molecule has 2 aliphatic rings. The monoisotopic (exact) mass is 290 g/mol. The molecule has 20 heavy (non-hydrogen) atoms. The van der Waals surface area contributed by atoms with Crippen LogP contribution in [0.1, 0.15) is 39.0 Å². The van der Waals surface area contributed by atoms with Crippen molar-refractivity contribution in [2.75, 3.05) is 16.8 Å². The molecule has 2 N–H and O–H groups in total. The van der Waals surface area contributed by atoms with Crippen molar-refractivity contribution < 1.29 is 0 Å². The van der Waals surface area contributed by atoms with Gasteiger partial charge in [0.1, 0.15) is 5.82 Å². The Morgan fingerprint density at radius 1 is 1.30 bits per heavy atom. The summed E-state index contributed by atoms with van der Waals surface area (Å²) in [5.74, 6) is 1.07. The van der Waals surface area contributed by atoms with E-state index in [0.29, 0.717) is 17.2 Å². The SMILES string of the molecule is C[C@@H]1CCCCN1c1ccc(NC(=S)NC2CC2)cn1. The summed E-state index contributed by atoms with van der Waals surface area (Å²) in [5, 5.41) is 7.17. The molecule has 2 heterocycles. The van der Waals surface area contributed by atoms with Gasteiger partial charge in [-0.25, -0.2) is 4.98 Å². The average Bonchev–Trinajstić information content (AvgIpc) is 3.24. The summed E-state index contributed by atoms with van der Waals surface area (Å²) in [5.41, 5.74) is 0.955. The molecule has 0 bridgehead atoms. The van der Waals surface area contributed by atoms with E-state index in [2.05, 4.69) is 39.6 Å². The lowest BCUT2D eigenvalue weighted by molar-refractivity contribution is 0.481. The van der Waals surface area contributed by atoms with Gasteiger partial charge in [-0.15, -0.1) is 0 Å². The maximum atomic E-state index is 5.27. The standard InChI is InChI=1S/C15H22N4S/c1-11-4-2-3-9-19(11)14-8-7-13(10-16-14)18-15(20)17-12-5-6-12/h7-8,10-12H,2-6,9H2,1H3,(H2,17,18,20)/t11-/m1/s1. The van der Waals surface area contributed by atoms with Gasteiger partial charge in [0, 0.05) is 18.6 Å². The van der Waals surface area contributed by atoms with Crippen molar-refractivity contribution in [2.45, 2.75) is 51.1 Å². The van der Waals surface area contributed by atoms with Crippen LogP contribution >= 0.6 is 12.2 Å². The minimum Gasteiger partial charge on any atom is -0.360 e. The smallest absolute Gasteiger partial charge is 0.171 e. The van der Waals surface area contributed by atoms with Crippen LogP contribution in [-0.2, 0) is 0 Å². The zero-order chi connectivity index (χ0) is 13.9. The van der Waals surface area contributed by atoms with E-state index >= 15 is 0 Å². The van der Waals surface area contributed by atoms with Crippen LogP contribution in [0.4, 0.5) is 11.5 Å². The Balaban J connectivity index is 1.59. The third-order valence-corrected chi connectivity index (χ3v) is 4.24. The molecule has 4 nitrogen and oxygen atoms in total. The highest BCUT2D eigenvalue weighted by Crippen LogP contribution is 2.23. The first-order valence-corrected chi connectivity index (χ1v) is 7.93. The van der Waals surface area contributed by atoms with Crippen LogP contribution in [0.2, 0.25) is 0 Å². The highest BCUT2D eigenvalue weighted by atomic mass is 32.1. The zero-order valence-corrected chi connectivity index (χ0v) is 12.7. The van der Waals surface area contributed by atoms with E-state index in [1.807, 2.05) is 6.20 Å². The molecule has 108 valence electrons. The van der Waals surface area contributed by atoms with Gasteiger partial charge in [-0.05, 0) is 63.4 Å². The maximum absolute atomic E-state index is 5.27. The fourth-order valence-corrected chi connectivity index (χ4v) is 2.93. The van der Waals surface area contributed by atoms with Crippen molar-refractivity contribution in [3.05, 3.63) is 18.3 Å². The van der Waals surface area contributed by atoms with Crippen molar-refractivity contribution >= 4 is 28.8 Å². The molecule has 0 amide bonds. The number of thiocarbonyl (C=S) groups is 1. The van der Waals surface area contributed by atoms with E-state index in [4.69, 9.17) is 12.2 Å². The molecular formula is C15H22N4S. The van der Waals surface area contributed by atoms with E-state index in [1.54, 1.807) is 0 Å². The number of rotatable bonds is 3. The fraction of sp³-hybridized carbons (Fsp3) is 0.600. The molecule has 1 aromatic rings. The molecule has 1 aromatic heterocycles. The van der Waals surface area contributed by atoms with E-state index in [1.165, 1.54) is 32.1 Å². The Labute approximate surface area is 126 Å². The Kier molecular flexibility index (Phi) is 4.05. The molecular weight excluding hydrogens is 268 g/mol. The molecule has 3 rings (SSSR count). The highest BCUT2D eigenvalue weighted by molar-refractivity contribution is 7.80. The average molecular weight is 290 g/mol. The van der Waals surface area contributed by atoms with Gasteiger partial charge in [-0.3, -0.25) is 0 Å². The minimum atomic E-state index is 0.580. The Morgan fingerprint density at radius 3 is 2.80 bits per heavy atom. The van der Waals surface area contributed by atoms with Gasteiger partial charge in [-0.2, -0.15) is 0 Å². The quantitative estimate of drug-likeness (QED) is 0.838. The van der Waals surface area contributed by atoms with E-state index in [-0.39, 0.29) is 0 Å². The Hall–Kier alpha value is -1.36. The van der Waals surface area contributed by atoms with Gasteiger partial charge in [0.2, 0.25) is 0 Å². The first-order chi connectivity index (χ1) is 9.72. The summed E-state index contributed by atoms with van der Waals surface area (Å²) in [4.78, 5) is 6.97. The molecule has 0 spiro atoms. The molecule has 1 aliphatic carbocycles. The number of aromatic nitrogens is 1. The number of hydrogen-bond donors (Lipinski definition) is 2. The van der Waals surface area contributed by atoms with Crippen LogP contribution in [-0.4, -0.2) is 28.7 Å². The maximum Gasteiger partial charge on any atom is 0.171 e. The summed E-state index contributed by atoms with van der Waals surface area (Å²) >= 11 is 5.27. The number of nitrogens with one attached hydrogen (secondary N) is 2. The van der Waals surface area contributed by atoms with Gasteiger partial charge in [0.05, 0.1) is 11.9 Å².